The zero-order valence-corrected chi connectivity index (χ0v) is 29.2. The second kappa shape index (κ2) is 19.4. The van der Waals surface area contributed by atoms with E-state index in [-0.39, 0.29) is 41.4 Å². The largest absolute Gasteiger partial charge is 0.355 e. The minimum absolute atomic E-state index is 0. The monoisotopic (exact) mass is 682 g/mol. The van der Waals surface area contributed by atoms with Gasteiger partial charge in [-0.1, -0.05) is 48.5 Å². The third kappa shape index (κ3) is 13.7. The van der Waals surface area contributed by atoms with E-state index in [2.05, 4.69) is 21.8 Å². The predicted octanol–water partition coefficient (Wildman–Crippen LogP) is 7.47. The number of hydrogen-bond acceptors (Lipinski definition) is 7. The minimum atomic E-state index is -0.0901. The Morgan fingerprint density at radius 2 is 1.18 bits per heavy atom. The van der Waals surface area contributed by atoms with Crippen molar-refractivity contribution in [1.29, 1.82) is 0 Å². The number of hydrazine groups is 1. The highest BCUT2D eigenvalue weighted by Gasteiger charge is 2.07. The fourth-order valence-electron chi connectivity index (χ4n) is 4.90. The molecule has 5 N–H and O–H groups in total. The van der Waals surface area contributed by atoms with Gasteiger partial charge < -0.3 is 15.7 Å². The number of anilines is 2. The molecule has 0 saturated heterocycles. The van der Waals surface area contributed by atoms with Crippen LogP contribution in [-0.4, -0.2) is 34.0 Å². The third-order valence-corrected chi connectivity index (χ3v) is 6.99. The minimum Gasteiger partial charge on any atom is -0.355 e. The van der Waals surface area contributed by atoms with Crippen molar-refractivity contribution in [2.75, 3.05) is 10.7 Å². The number of fused-ring (bicyclic) bond motifs is 1. The number of benzene rings is 4. The summed E-state index contributed by atoms with van der Waals surface area (Å²) >= 11 is 0. The lowest BCUT2D eigenvalue weighted by Crippen LogP contribution is -2.06. The molecule has 0 fully saturated rings. The molecule has 0 saturated carbocycles. The second-order valence-electron chi connectivity index (χ2n) is 11.6. The van der Waals surface area contributed by atoms with Gasteiger partial charge in [0.1, 0.15) is 17.3 Å². The smallest absolute Gasteiger partial charge is 0.221 e. The standard InChI is InChI=1S/C19H18N2O2.C11H12O2.C9H12N2O.ClH/c1-12(22)8-14-6-7-18-16(9-14)11-19(21-18)15-4-3-5-17(10-15)20-13(2)23;1-8(12)6-10-4-3-5-11(7-10)9(2)13;1-7(12)6-8-2-4-9(11-10)5-3-8;/h3-7,9-11,21H,8H2,1-2H3,(H,20,23);3-5,7H,6H2,1-2H3;2-5,11H,6,10H2,1H3;1H. The second-order valence-corrected chi connectivity index (χ2v) is 11.6. The van der Waals surface area contributed by atoms with E-state index in [1.807, 2.05) is 72.8 Å². The summed E-state index contributed by atoms with van der Waals surface area (Å²) in [5, 5.41) is 3.86. The number of H-pyrrole nitrogens is 1. The molecule has 1 amide bonds. The van der Waals surface area contributed by atoms with Crippen molar-refractivity contribution >= 4 is 63.7 Å². The third-order valence-electron chi connectivity index (χ3n) is 6.99. The molecule has 5 aromatic rings. The molecule has 10 heteroatoms. The predicted molar refractivity (Wildman–Crippen MR) is 199 cm³/mol. The zero-order chi connectivity index (χ0) is 35.2. The van der Waals surface area contributed by atoms with Gasteiger partial charge in [0, 0.05) is 65.3 Å². The fraction of sp³-hybridized carbons (Fsp3) is 0.205. The van der Waals surface area contributed by atoms with Gasteiger partial charge in [-0.25, -0.2) is 0 Å². The van der Waals surface area contributed by atoms with E-state index in [1.165, 1.54) is 13.8 Å². The van der Waals surface area contributed by atoms with Crippen molar-refractivity contribution < 1.29 is 24.0 Å². The number of nitrogens with two attached hydrogens (primary N) is 1. The Balaban J connectivity index is 0.000000274. The molecule has 0 radical (unpaired) electrons. The van der Waals surface area contributed by atoms with Crippen LogP contribution in [0.2, 0.25) is 0 Å². The summed E-state index contributed by atoms with van der Waals surface area (Å²) in [5.74, 6) is 5.56. The lowest BCUT2D eigenvalue weighted by atomic mass is 10.0. The van der Waals surface area contributed by atoms with Crippen LogP contribution in [0.25, 0.3) is 22.2 Å². The summed E-state index contributed by atoms with van der Waals surface area (Å²) in [6.45, 7) is 7.73. The Labute approximate surface area is 293 Å². The molecule has 9 nitrogen and oxygen atoms in total. The van der Waals surface area contributed by atoms with Crippen LogP contribution in [0.1, 0.15) is 61.7 Å². The van der Waals surface area contributed by atoms with Crippen molar-refractivity contribution in [3.63, 3.8) is 0 Å². The Morgan fingerprint density at radius 1 is 0.612 bits per heavy atom. The zero-order valence-electron chi connectivity index (χ0n) is 28.4. The first-order valence-corrected chi connectivity index (χ1v) is 15.5. The van der Waals surface area contributed by atoms with E-state index in [4.69, 9.17) is 5.84 Å². The van der Waals surface area contributed by atoms with Gasteiger partial charge in [-0.2, -0.15) is 0 Å². The summed E-state index contributed by atoms with van der Waals surface area (Å²) in [6.07, 6.45) is 1.35. The molecule has 0 spiro atoms. The molecule has 0 aliphatic carbocycles. The van der Waals surface area contributed by atoms with E-state index in [9.17, 15) is 24.0 Å². The molecule has 5 rings (SSSR count). The number of aromatic nitrogens is 1. The first-order valence-electron chi connectivity index (χ1n) is 15.5. The normalized spacial score (nSPS) is 9.92. The number of hydrogen-bond donors (Lipinski definition) is 4. The topological polar surface area (TPSA) is 151 Å². The number of Topliss-reactive ketones (excluding diaryl/α,β-unsaturated/α-hetero) is 4. The lowest BCUT2D eigenvalue weighted by molar-refractivity contribution is -0.117. The molecule has 0 unspecified atom stereocenters. The Morgan fingerprint density at radius 3 is 1.76 bits per heavy atom. The van der Waals surface area contributed by atoms with E-state index >= 15 is 0 Å². The summed E-state index contributed by atoms with van der Waals surface area (Å²) in [7, 11) is 0. The molecule has 49 heavy (non-hydrogen) atoms. The number of nitrogens with one attached hydrogen (secondary N) is 3. The molecule has 1 aromatic heterocycles. The van der Waals surface area contributed by atoms with E-state index < -0.39 is 0 Å². The molecule has 0 bridgehead atoms. The number of amides is 1. The number of ketones is 4. The first kappa shape index (κ1) is 39.8. The Kier molecular flexibility index (Phi) is 15.8. The highest BCUT2D eigenvalue weighted by Crippen LogP contribution is 2.27. The molecule has 4 aromatic carbocycles. The van der Waals surface area contributed by atoms with Gasteiger partial charge >= 0.3 is 0 Å². The maximum Gasteiger partial charge on any atom is 0.221 e. The van der Waals surface area contributed by atoms with Crippen molar-refractivity contribution in [2.24, 2.45) is 5.84 Å². The van der Waals surface area contributed by atoms with Crippen LogP contribution in [0, 0.1) is 0 Å². The van der Waals surface area contributed by atoms with Gasteiger partial charge in [0.25, 0.3) is 0 Å². The Bertz CT molecular complexity index is 1910. The molecule has 256 valence electrons. The number of aromatic amines is 1. The van der Waals surface area contributed by atoms with Gasteiger partial charge in [0.2, 0.25) is 5.91 Å². The average molecular weight is 683 g/mol. The number of carbonyl (C=O) groups is 5. The maximum absolute atomic E-state index is 11.3. The van der Waals surface area contributed by atoms with Gasteiger partial charge in [0.05, 0.1) is 0 Å². The van der Waals surface area contributed by atoms with Crippen LogP contribution in [-0.2, 0) is 38.4 Å². The van der Waals surface area contributed by atoms with Crippen LogP contribution in [0.5, 0.6) is 0 Å². The molecule has 1 heterocycles. The van der Waals surface area contributed by atoms with Crippen molar-refractivity contribution in [1.82, 2.24) is 4.98 Å². The van der Waals surface area contributed by atoms with Gasteiger partial charge in [0.15, 0.2) is 5.78 Å². The van der Waals surface area contributed by atoms with Crippen LogP contribution < -0.4 is 16.6 Å². The van der Waals surface area contributed by atoms with E-state index in [1.54, 1.807) is 39.0 Å². The number of rotatable bonds is 10. The molecular weight excluding hydrogens is 640 g/mol. The highest BCUT2D eigenvalue weighted by atomic mass is 35.5. The Hall–Kier alpha value is -5.38. The van der Waals surface area contributed by atoms with E-state index in [0.29, 0.717) is 24.8 Å². The molecular formula is C39H43ClN4O5. The van der Waals surface area contributed by atoms with Gasteiger partial charge in [-0.15, -0.1) is 12.4 Å². The van der Waals surface area contributed by atoms with Crippen LogP contribution >= 0.6 is 12.4 Å². The highest BCUT2D eigenvalue weighted by molar-refractivity contribution is 5.94. The SMILES string of the molecule is CC(=O)Cc1ccc(NN)cc1.CC(=O)Cc1ccc2[nH]c(-c3cccc(NC(C)=O)c3)cc2c1.CC(=O)Cc1cccc(C(C)=O)c1.Cl. The van der Waals surface area contributed by atoms with Crippen LogP contribution in [0.3, 0.4) is 0 Å². The number of halogens is 1. The molecule has 0 aliphatic rings. The summed E-state index contributed by atoms with van der Waals surface area (Å²) in [5.41, 5.74) is 10.7. The quantitative estimate of drug-likeness (QED) is 0.0678. The summed E-state index contributed by atoms with van der Waals surface area (Å²) in [6, 6.07) is 30.4. The molecule has 0 atom stereocenters. The van der Waals surface area contributed by atoms with Crippen LogP contribution in [0.15, 0.2) is 97.1 Å². The van der Waals surface area contributed by atoms with Gasteiger partial charge in [-0.05, 0) is 92.9 Å². The van der Waals surface area contributed by atoms with E-state index in [0.717, 1.165) is 50.2 Å². The van der Waals surface area contributed by atoms with Gasteiger partial charge in [-0.3, -0.25) is 29.8 Å². The van der Waals surface area contributed by atoms with Crippen molar-refractivity contribution in [2.45, 2.75) is 53.9 Å². The first-order chi connectivity index (χ1) is 22.8. The number of nitrogen functional groups attached to an aromatic ring is 1. The lowest BCUT2D eigenvalue weighted by Gasteiger charge is -2.04. The van der Waals surface area contributed by atoms with Crippen molar-refractivity contribution in [3.8, 4) is 11.3 Å². The van der Waals surface area contributed by atoms with Crippen molar-refractivity contribution in [3.05, 3.63) is 119 Å². The van der Waals surface area contributed by atoms with Crippen LogP contribution in [0.4, 0.5) is 11.4 Å². The average Bonchev–Trinajstić information content (AvgIpc) is 3.45. The summed E-state index contributed by atoms with van der Waals surface area (Å²) < 4.78 is 0. The summed E-state index contributed by atoms with van der Waals surface area (Å²) in [4.78, 5) is 58.4. The fourth-order valence-corrected chi connectivity index (χ4v) is 4.90. The molecule has 0 aliphatic heterocycles. The maximum atomic E-state index is 11.3. The number of carbonyl (C=O) groups excluding carboxylic acids is 5.